The highest BCUT2D eigenvalue weighted by Crippen LogP contribution is 2.33. The van der Waals surface area contributed by atoms with Gasteiger partial charge in [-0.25, -0.2) is 0 Å². The first kappa shape index (κ1) is 14.1. The zero-order valence-corrected chi connectivity index (χ0v) is 10.5. The molecule has 0 aromatic heterocycles. The van der Waals surface area contributed by atoms with Crippen LogP contribution in [0.5, 0.6) is 0 Å². The fourth-order valence-electron chi connectivity index (χ4n) is 2.30. The minimum atomic E-state index is -4.34. The molecule has 0 heterocycles. The van der Waals surface area contributed by atoms with Gasteiger partial charge >= 0.3 is 6.18 Å². The van der Waals surface area contributed by atoms with E-state index in [-0.39, 0.29) is 17.7 Å². The van der Waals surface area contributed by atoms with E-state index in [4.69, 9.17) is 5.73 Å². The molecule has 0 atom stereocenters. The number of hydrogen-bond acceptors (Lipinski definition) is 2. The Morgan fingerprint density at radius 2 is 1.79 bits per heavy atom. The van der Waals surface area contributed by atoms with Crippen LogP contribution in [0.4, 0.5) is 13.2 Å². The third-order valence-corrected chi connectivity index (χ3v) is 3.58. The third kappa shape index (κ3) is 3.56. The summed E-state index contributed by atoms with van der Waals surface area (Å²) in [5, 5.41) is 0. The predicted octanol–water partition coefficient (Wildman–Crippen LogP) is 3.09. The summed E-state index contributed by atoms with van der Waals surface area (Å²) in [4.78, 5) is 11.8. The smallest absolute Gasteiger partial charge is 0.325 e. The number of carbonyl (C=O) groups is 1. The van der Waals surface area contributed by atoms with E-state index in [1.54, 1.807) is 0 Å². The molecular formula is C14H16F3NO. The highest BCUT2D eigenvalue weighted by Gasteiger charge is 2.34. The minimum Gasteiger partial charge on any atom is -0.325 e. The Hall–Kier alpha value is -1.36. The largest absolute Gasteiger partial charge is 0.416 e. The van der Waals surface area contributed by atoms with Crippen molar-refractivity contribution in [2.75, 3.05) is 0 Å². The molecule has 1 aliphatic carbocycles. The van der Waals surface area contributed by atoms with Gasteiger partial charge in [-0.2, -0.15) is 13.2 Å². The fraction of sp³-hybridized carbons (Fsp3) is 0.500. The van der Waals surface area contributed by atoms with E-state index in [2.05, 4.69) is 0 Å². The summed E-state index contributed by atoms with van der Waals surface area (Å²) >= 11 is 0. The Bertz CT molecular complexity index is 461. The van der Waals surface area contributed by atoms with Gasteiger partial charge in [-0.1, -0.05) is 12.1 Å². The van der Waals surface area contributed by atoms with Crippen LogP contribution in [0.1, 0.15) is 36.8 Å². The highest BCUT2D eigenvalue weighted by atomic mass is 19.4. The first-order valence-corrected chi connectivity index (χ1v) is 6.25. The van der Waals surface area contributed by atoms with Crippen LogP contribution in [0, 0.1) is 0 Å². The van der Waals surface area contributed by atoms with Gasteiger partial charge in [0.15, 0.2) is 0 Å². The van der Waals surface area contributed by atoms with Gasteiger partial charge in [0.2, 0.25) is 0 Å². The van der Waals surface area contributed by atoms with Crippen LogP contribution in [-0.2, 0) is 17.4 Å². The number of Topliss-reactive ketones (excluding diaryl/α,β-unsaturated/α-hetero) is 1. The van der Waals surface area contributed by atoms with Crippen molar-refractivity contribution in [3.8, 4) is 0 Å². The second kappa shape index (κ2) is 4.96. The molecule has 0 spiro atoms. The topological polar surface area (TPSA) is 43.1 Å². The second-order valence-electron chi connectivity index (χ2n) is 5.30. The molecule has 104 valence electrons. The average molecular weight is 271 g/mol. The van der Waals surface area contributed by atoms with Crippen LogP contribution in [0.3, 0.4) is 0 Å². The number of carbonyl (C=O) groups excluding carboxylic acids is 1. The second-order valence-corrected chi connectivity index (χ2v) is 5.30. The zero-order chi connectivity index (χ0) is 14.1. The molecule has 0 saturated heterocycles. The first-order chi connectivity index (χ1) is 8.78. The Kier molecular flexibility index (Phi) is 3.67. The molecule has 2 N–H and O–H groups in total. The van der Waals surface area contributed by atoms with Gasteiger partial charge in [0.1, 0.15) is 5.78 Å². The molecule has 0 bridgehead atoms. The number of nitrogens with two attached hydrogens (primary N) is 1. The van der Waals surface area contributed by atoms with E-state index >= 15 is 0 Å². The minimum absolute atomic E-state index is 0.0121. The molecule has 5 heteroatoms. The summed E-state index contributed by atoms with van der Waals surface area (Å²) in [5.41, 5.74) is 5.50. The first-order valence-electron chi connectivity index (χ1n) is 6.25. The lowest BCUT2D eigenvalue weighted by atomic mass is 9.74. The van der Waals surface area contributed by atoms with E-state index in [0.29, 0.717) is 12.0 Å². The van der Waals surface area contributed by atoms with E-state index in [1.165, 1.54) is 12.1 Å². The maximum Gasteiger partial charge on any atom is 0.416 e. The van der Waals surface area contributed by atoms with Crippen LogP contribution < -0.4 is 5.73 Å². The number of rotatable bonds is 4. The van der Waals surface area contributed by atoms with Gasteiger partial charge in [-0.05, 0) is 37.0 Å². The molecule has 1 aromatic rings. The molecule has 2 rings (SSSR count). The number of halogens is 3. The molecule has 0 unspecified atom stereocenters. The lowest BCUT2D eigenvalue weighted by molar-refractivity contribution is -0.137. The van der Waals surface area contributed by atoms with Gasteiger partial charge < -0.3 is 5.73 Å². The van der Waals surface area contributed by atoms with Crippen molar-refractivity contribution in [1.29, 1.82) is 0 Å². The standard InChI is InChI=1S/C14H16F3NO/c15-14(16,17)11-4-2-10(3-5-11)8-12(19)9-13(18)6-1-7-13/h2-5H,1,6-9,18H2. The molecule has 1 saturated carbocycles. The normalized spacial score (nSPS) is 17.9. The van der Waals surface area contributed by atoms with Crippen LogP contribution in [0.2, 0.25) is 0 Å². The molecule has 1 fully saturated rings. The Morgan fingerprint density at radius 3 is 2.21 bits per heavy atom. The van der Waals surface area contributed by atoms with Crippen LogP contribution in [0.25, 0.3) is 0 Å². The molecular weight excluding hydrogens is 255 g/mol. The van der Waals surface area contributed by atoms with Crippen molar-refractivity contribution in [2.24, 2.45) is 5.73 Å². The van der Waals surface area contributed by atoms with Gasteiger partial charge in [-0.3, -0.25) is 4.79 Å². The Morgan fingerprint density at radius 1 is 1.21 bits per heavy atom. The van der Waals surface area contributed by atoms with E-state index in [0.717, 1.165) is 31.4 Å². The van der Waals surface area contributed by atoms with Crippen molar-refractivity contribution in [2.45, 2.75) is 43.8 Å². The van der Waals surface area contributed by atoms with E-state index in [1.807, 2.05) is 0 Å². The molecule has 0 amide bonds. The Balaban J connectivity index is 1.94. The predicted molar refractivity (Wildman–Crippen MR) is 65.5 cm³/mol. The van der Waals surface area contributed by atoms with Gasteiger partial charge in [0, 0.05) is 18.4 Å². The van der Waals surface area contributed by atoms with Gasteiger partial charge in [0.05, 0.1) is 5.56 Å². The quantitative estimate of drug-likeness (QED) is 0.914. The Labute approximate surface area is 109 Å². The molecule has 0 radical (unpaired) electrons. The molecule has 1 aliphatic rings. The lowest BCUT2D eigenvalue weighted by Gasteiger charge is -2.37. The average Bonchev–Trinajstić information content (AvgIpc) is 2.26. The summed E-state index contributed by atoms with van der Waals surface area (Å²) in [7, 11) is 0. The van der Waals surface area contributed by atoms with E-state index < -0.39 is 11.7 Å². The van der Waals surface area contributed by atoms with Gasteiger partial charge in [-0.15, -0.1) is 0 Å². The third-order valence-electron chi connectivity index (χ3n) is 3.58. The summed E-state index contributed by atoms with van der Waals surface area (Å²) in [6.07, 6.45) is -1.12. The summed E-state index contributed by atoms with van der Waals surface area (Å²) in [6.45, 7) is 0. The number of benzene rings is 1. The van der Waals surface area contributed by atoms with Crippen molar-refractivity contribution in [3.05, 3.63) is 35.4 Å². The maximum absolute atomic E-state index is 12.4. The molecule has 0 aliphatic heterocycles. The van der Waals surface area contributed by atoms with Crippen LogP contribution >= 0.6 is 0 Å². The number of ketones is 1. The van der Waals surface area contributed by atoms with Crippen LogP contribution in [0.15, 0.2) is 24.3 Å². The number of hydrogen-bond donors (Lipinski definition) is 1. The highest BCUT2D eigenvalue weighted by molar-refractivity contribution is 5.82. The van der Waals surface area contributed by atoms with Crippen molar-refractivity contribution >= 4 is 5.78 Å². The number of alkyl halides is 3. The molecule has 19 heavy (non-hydrogen) atoms. The summed E-state index contributed by atoms with van der Waals surface area (Å²) in [6, 6.07) is 4.71. The summed E-state index contributed by atoms with van der Waals surface area (Å²) in [5.74, 6) is -0.0121. The molecule has 1 aromatic carbocycles. The monoisotopic (exact) mass is 271 g/mol. The molecule has 2 nitrogen and oxygen atoms in total. The van der Waals surface area contributed by atoms with Crippen molar-refractivity contribution in [1.82, 2.24) is 0 Å². The van der Waals surface area contributed by atoms with Crippen molar-refractivity contribution in [3.63, 3.8) is 0 Å². The lowest BCUT2D eigenvalue weighted by Crippen LogP contribution is -2.48. The van der Waals surface area contributed by atoms with Crippen LogP contribution in [-0.4, -0.2) is 11.3 Å². The SMILES string of the molecule is NC1(CC(=O)Cc2ccc(C(F)(F)F)cc2)CCC1. The van der Waals surface area contributed by atoms with Crippen molar-refractivity contribution < 1.29 is 18.0 Å². The van der Waals surface area contributed by atoms with E-state index in [9.17, 15) is 18.0 Å². The fourth-order valence-corrected chi connectivity index (χ4v) is 2.30. The maximum atomic E-state index is 12.4. The van der Waals surface area contributed by atoms with Gasteiger partial charge in [0.25, 0.3) is 0 Å². The summed E-state index contributed by atoms with van der Waals surface area (Å²) < 4.78 is 37.1. The zero-order valence-electron chi connectivity index (χ0n) is 10.5.